The Morgan fingerprint density at radius 1 is 0.717 bits per heavy atom. The minimum Gasteiger partial charge on any atom is -0.393 e. The predicted molar refractivity (Wildman–Crippen MR) is 202 cm³/mol. The van der Waals surface area contributed by atoms with E-state index < -0.39 is 0 Å². The van der Waals surface area contributed by atoms with Gasteiger partial charge in [0.2, 0.25) is 0 Å². The highest BCUT2D eigenvalue weighted by Crippen LogP contribution is 2.67. The van der Waals surface area contributed by atoms with E-state index in [0.717, 1.165) is 48.3 Å². The van der Waals surface area contributed by atoms with Crippen LogP contribution in [0.25, 0.3) is 0 Å². The zero-order chi connectivity index (χ0) is 32.8. The maximum atomic E-state index is 10.4. The van der Waals surface area contributed by atoms with Crippen molar-refractivity contribution in [1.82, 2.24) is 0 Å². The summed E-state index contributed by atoms with van der Waals surface area (Å²) in [6.45, 7) is 12.8. The molecule has 0 amide bonds. The van der Waals surface area contributed by atoms with Crippen molar-refractivity contribution in [2.75, 3.05) is 0 Å². The van der Waals surface area contributed by atoms with E-state index in [4.69, 9.17) is 0 Å². The molecule has 0 saturated heterocycles. The highest BCUT2D eigenvalue weighted by molar-refractivity contribution is 5.25. The number of hydrogen-bond acceptors (Lipinski definition) is 1. The zero-order valence-corrected chi connectivity index (χ0v) is 31.8. The van der Waals surface area contributed by atoms with Crippen LogP contribution in [-0.2, 0) is 0 Å². The molecule has 0 heterocycles. The van der Waals surface area contributed by atoms with Crippen LogP contribution in [0, 0.1) is 46.3 Å². The third kappa shape index (κ3) is 10.5. The molecule has 0 aromatic heterocycles. The Kier molecular flexibility index (Phi) is 16.3. The Balaban J connectivity index is 1.02. The van der Waals surface area contributed by atoms with E-state index in [2.05, 4.69) is 52.8 Å². The van der Waals surface area contributed by atoms with E-state index in [1.54, 1.807) is 5.57 Å². The highest BCUT2D eigenvalue weighted by atomic mass is 16.3. The summed E-state index contributed by atoms with van der Waals surface area (Å²) in [5.41, 5.74) is 2.58. The average Bonchev–Trinajstić information content (AvgIpc) is 3.40. The third-order valence-electron chi connectivity index (χ3n) is 14.7. The molecule has 9 atom stereocenters. The molecule has 1 unspecified atom stereocenters. The van der Waals surface area contributed by atoms with Crippen LogP contribution in [0.4, 0.5) is 0 Å². The van der Waals surface area contributed by atoms with Gasteiger partial charge >= 0.3 is 0 Å². The molecule has 46 heavy (non-hydrogen) atoms. The molecule has 266 valence electrons. The summed E-state index contributed by atoms with van der Waals surface area (Å²) in [4.78, 5) is 0. The number of aliphatic hydroxyl groups excluding tert-OH is 1. The minimum absolute atomic E-state index is 0.0823. The standard InChI is InChI=1S/C45H80O/c1-6-7-8-9-10-11-12-13-14-15-16-17-18-19-20-21-22-24-36(2)25-23-26-37(3)41-29-30-42-40-28-27-38-35-39(46)31-33-44(38,4)43(40)32-34-45(41,42)5/h13-14,27,36-37,39-43,46H,6-12,15-26,28-35H2,1-5H3/b14-13-/t36?,37-,39+,40+,41-,42+,43+,44+,45-/m1/s1. The van der Waals surface area contributed by atoms with E-state index in [9.17, 15) is 5.11 Å². The topological polar surface area (TPSA) is 20.2 Å². The van der Waals surface area contributed by atoms with Crippen molar-refractivity contribution in [1.29, 1.82) is 0 Å². The number of allylic oxidation sites excluding steroid dienone is 3. The second-order valence-electron chi connectivity index (χ2n) is 18.0. The van der Waals surface area contributed by atoms with Gasteiger partial charge in [-0.05, 0) is 123 Å². The van der Waals surface area contributed by atoms with Gasteiger partial charge in [-0.25, -0.2) is 0 Å². The van der Waals surface area contributed by atoms with Crippen molar-refractivity contribution in [2.45, 2.75) is 214 Å². The summed E-state index contributed by atoms with van der Waals surface area (Å²) < 4.78 is 0. The lowest BCUT2D eigenvalue weighted by atomic mass is 9.47. The maximum Gasteiger partial charge on any atom is 0.0577 e. The van der Waals surface area contributed by atoms with Gasteiger partial charge in [-0.1, -0.05) is 155 Å². The molecule has 0 bridgehead atoms. The molecular weight excluding hydrogens is 556 g/mol. The summed E-state index contributed by atoms with van der Waals surface area (Å²) in [6.07, 6.45) is 44.8. The van der Waals surface area contributed by atoms with Gasteiger partial charge in [0.05, 0.1) is 6.10 Å². The first-order valence-electron chi connectivity index (χ1n) is 21.3. The second kappa shape index (κ2) is 19.6. The van der Waals surface area contributed by atoms with E-state index >= 15 is 0 Å². The Hall–Kier alpha value is -0.560. The third-order valence-corrected chi connectivity index (χ3v) is 14.7. The lowest BCUT2D eigenvalue weighted by Gasteiger charge is -2.58. The molecule has 0 aromatic carbocycles. The van der Waals surface area contributed by atoms with E-state index in [1.807, 2.05) is 0 Å². The van der Waals surface area contributed by atoms with Gasteiger partial charge in [0.15, 0.2) is 0 Å². The fourth-order valence-electron chi connectivity index (χ4n) is 11.7. The van der Waals surface area contributed by atoms with Crippen molar-refractivity contribution in [3.05, 3.63) is 23.8 Å². The molecule has 1 nitrogen and oxygen atoms in total. The lowest BCUT2D eigenvalue weighted by molar-refractivity contribution is -0.0573. The first-order valence-corrected chi connectivity index (χ1v) is 21.3. The van der Waals surface area contributed by atoms with E-state index in [0.29, 0.717) is 10.8 Å². The molecule has 3 fully saturated rings. The monoisotopic (exact) mass is 637 g/mol. The van der Waals surface area contributed by atoms with Crippen molar-refractivity contribution in [3.8, 4) is 0 Å². The zero-order valence-electron chi connectivity index (χ0n) is 31.8. The highest BCUT2D eigenvalue weighted by Gasteiger charge is 2.59. The summed E-state index contributed by atoms with van der Waals surface area (Å²) in [5.74, 6) is 5.47. The van der Waals surface area contributed by atoms with Gasteiger partial charge in [0, 0.05) is 0 Å². The van der Waals surface area contributed by atoms with Crippen molar-refractivity contribution in [2.24, 2.45) is 46.3 Å². The molecule has 0 spiro atoms. The van der Waals surface area contributed by atoms with Crippen LogP contribution in [0.3, 0.4) is 0 Å². The van der Waals surface area contributed by atoms with Crippen LogP contribution in [0.5, 0.6) is 0 Å². The number of hydrogen-bond donors (Lipinski definition) is 1. The van der Waals surface area contributed by atoms with Crippen LogP contribution in [0.1, 0.15) is 208 Å². The minimum atomic E-state index is -0.0823. The Bertz CT molecular complexity index is 901. The Morgan fingerprint density at radius 2 is 1.35 bits per heavy atom. The Labute approximate surface area is 288 Å². The quantitative estimate of drug-likeness (QED) is 0.0926. The second-order valence-corrected chi connectivity index (χ2v) is 18.0. The molecule has 0 aliphatic heterocycles. The Morgan fingerprint density at radius 3 is 2.04 bits per heavy atom. The molecule has 0 aromatic rings. The molecule has 1 N–H and O–H groups in total. The summed E-state index contributed by atoms with van der Waals surface area (Å²) in [6, 6.07) is 0. The van der Waals surface area contributed by atoms with Gasteiger partial charge in [0.25, 0.3) is 0 Å². The fraction of sp³-hybridized carbons (Fsp3) is 0.911. The molecule has 0 radical (unpaired) electrons. The molecule has 4 rings (SSSR count). The molecule has 4 aliphatic carbocycles. The van der Waals surface area contributed by atoms with Gasteiger partial charge in [-0.3, -0.25) is 0 Å². The lowest BCUT2D eigenvalue weighted by Crippen LogP contribution is -2.50. The van der Waals surface area contributed by atoms with Crippen LogP contribution in [0.2, 0.25) is 0 Å². The van der Waals surface area contributed by atoms with Crippen molar-refractivity contribution < 1.29 is 5.11 Å². The number of aliphatic hydroxyl groups is 1. The predicted octanol–water partition coefficient (Wildman–Crippen LogP) is 14.2. The number of fused-ring (bicyclic) bond motifs is 5. The van der Waals surface area contributed by atoms with E-state index in [-0.39, 0.29) is 6.10 Å². The van der Waals surface area contributed by atoms with Crippen LogP contribution in [0.15, 0.2) is 23.8 Å². The summed E-state index contributed by atoms with van der Waals surface area (Å²) in [5, 5.41) is 10.4. The number of unbranched alkanes of at least 4 members (excludes halogenated alkanes) is 13. The van der Waals surface area contributed by atoms with Crippen LogP contribution in [-0.4, -0.2) is 11.2 Å². The summed E-state index contributed by atoms with van der Waals surface area (Å²) in [7, 11) is 0. The molecule has 1 heteroatoms. The SMILES string of the molecule is CCCCCCCC/C=C\CCCCCCCCCC(C)CCC[C@@H](C)[C@H]1CC[C@H]2[C@@H]3CC=C4C[C@@H](O)CC[C@]4(C)[C@H]3CC[C@]12C. The molecule has 4 aliphatic rings. The first kappa shape index (κ1) is 38.2. The van der Waals surface area contributed by atoms with Crippen molar-refractivity contribution >= 4 is 0 Å². The summed E-state index contributed by atoms with van der Waals surface area (Å²) >= 11 is 0. The van der Waals surface area contributed by atoms with Crippen LogP contribution < -0.4 is 0 Å². The van der Waals surface area contributed by atoms with Gasteiger partial charge in [0.1, 0.15) is 0 Å². The normalized spacial score (nSPS) is 33.8. The van der Waals surface area contributed by atoms with Gasteiger partial charge in [-0.15, -0.1) is 0 Å². The van der Waals surface area contributed by atoms with Gasteiger partial charge < -0.3 is 5.11 Å². The first-order chi connectivity index (χ1) is 22.3. The van der Waals surface area contributed by atoms with Crippen LogP contribution >= 0.6 is 0 Å². The molecule has 3 saturated carbocycles. The number of rotatable bonds is 22. The van der Waals surface area contributed by atoms with E-state index in [1.165, 1.54) is 161 Å². The van der Waals surface area contributed by atoms with Crippen molar-refractivity contribution in [3.63, 3.8) is 0 Å². The maximum absolute atomic E-state index is 10.4. The van der Waals surface area contributed by atoms with Gasteiger partial charge in [-0.2, -0.15) is 0 Å². The smallest absolute Gasteiger partial charge is 0.0577 e. The average molecular weight is 637 g/mol. The largest absolute Gasteiger partial charge is 0.393 e. The molecular formula is C45H80O. The fourth-order valence-corrected chi connectivity index (χ4v) is 11.7.